The second kappa shape index (κ2) is 10.6. The third-order valence-electron chi connectivity index (χ3n) is 6.23. The Bertz CT molecular complexity index is 1340. The van der Waals surface area contributed by atoms with Crippen molar-refractivity contribution < 1.29 is 23.1 Å². The molecule has 0 atom stereocenters. The fraction of sp³-hybridized carbons (Fsp3) is 0.462. The lowest BCUT2D eigenvalue weighted by Gasteiger charge is -2.25. The van der Waals surface area contributed by atoms with E-state index >= 15 is 0 Å². The topological polar surface area (TPSA) is 114 Å². The molecular weight excluding hydrogens is 480 g/mol. The number of hydrogen-bond donors (Lipinski definition) is 2. The number of nitrogens with zero attached hydrogens (tertiary/aromatic N) is 3. The van der Waals surface area contributed by atoms with E-state index in [1.807, 2.05) is 44.2 Å². The molecule has 2 N–H and O–H groups in total. The summed E-state index contributed by atoms with van der Waals surface area (Å²) in [6.07, 6.45) is 3.53. The lowest BCUT2D eigenvalue weighted by molar-refractivity contribution is 0.0657. The van der Waals surface area contributed by atoms with Gasteiger partial charge in [0.2, 0.25) is 10.0 Å². The summed E-state index contributed by atoms with van der Waals surface area (Å²) < 4.78 is 34.0. The molecule has 0 bridgehead atoms. The molecule has 1 heterocycles. The molecule has 0 radical (unpaired) electrons. The van der Waals surface area contributed by atoms with Crippen molar-refractivity contribution in [1.82, 2.24) is 15.1 Å². The minimum atomic E-state index is -3.58. The van der Waals surface area contributed by atoms with Gasteiger partial charge in [-0.05, 0) is 74.4 Å². The Balaban J connectivity index is 1.86. The summed E-state index contributed by atoms with van der Waals surface area (Å²) in [5.74, 6) is -0.0524. The zero-order valence-corrected chi connectivity index (χ0v) is 22.0. The maximum absolute atomic E-state index is 13.0. The molecule has 1 amide bonds. The summed E-state index contributed by atoms with van der Waals surface area (Å²) in [6, 6.07) is 11.3. The number of aliphatic hydroxyl groups excluding tert-OH is 1. The van der Waals surface area contributed by atoms with E-state index in [0.29, 0.717) is 41.0 Å². The third-order valence-corrected chi connectivity index (χ3v) is 7.41. The van der Waals surface area contributed by atoms with E-state index in [4.69, 9.17) is 9.84 Å². The number of carbonyl (C=O) groups excluding carboxylic acids is 1. The van der Waals surface area contributed by atoms with Crippen molar-refractivity contribution in [2.24, 2.45) is 0 Å². The highest BCUT2D eigenvalue weighted by Crippen LogP contribution is 2.46. The molecule has 1 aromatic heterocycles. The Morgan fingerprint density at radius 2 is 1.94 bits per heavy atom. The molecule has 3 aromatic rings. The van der Waals surface area contributed by atoms with Crippen LogP contribution in [0, 0.1) is 0 Å². The van der Waals surface area contributed by atoms with Crippen LogP contribution in [0.2, 0.25) is 0 Å². The number of ether oxygens (including phenoxy) is 1. The van der Waals surface area contributed by atoms with Crippen LogP contribution < -0.4 is 9.62 Å². The van der Waals surface area contributed by atoms with Gasteiger partial charge in [0.1, 0.15) is 5.69 Å². The highest BCUT2D eigenvalue weighted by atomic mass is 32.2. The number of rotatable bonds is 11. The second-order valence-corrected chi connectivity index (χ2v) is 11.4. The first-order chi connectivity index (χ1) is 17.1. The number of anilines is 1. The van der Waals surface area contributed by atoms with Crippen LogP contribution in [0.4, 0.5) is 5.69 Å². The van der Waals surface area contributed by atoms with Gasteiger partial charge in [0.05, 0.1) is 35.9 Å². The van der Waals surface area contributed by atoms with Gasteiger partial charge in [-0.1, -0.05) is 12.1 Å². The lowest BCUT2D eigenvalue weighted by atomic mass is 10.0. The molecule has 1 fully saturated rings. The normalized spacial score (nSPS) is 13.9. The number of sulfonamides is 1. The Kier molecular flexibility index (Phi) is 7.67. The van der Waals surface area contributed by atoms with E-state index in [1.54, 1.807) is 17.8 Å². The summed E-state index contributed by atoms with van der Waals surface area (Å²) >= 11 is 0. The van der Waals surface area contributed by atoms with Crippen molar-refractivity contribution in [3.05, 3.63) is 53.2 Å². The first-order valence-corrected chi connectivity index (χ1v) is 14.1. The first-order valence-electron chi connectivity index (χ1n) is 12.2. The summed E-state index contributed by atoms with van der Waals surface area (Å²) in [7, 11) is -2.01. The largest absolute Gasteiger partial charge is 0.396 e. The van der Waals surface area contributed by atoms with Crippen molar-refractivity contribution in [2.45, 2.75) is 51.7 Å². The summed E-state index contributed by atoms with van der Waals surface area (Å²) in [6.45, 7) is 4.52. The summed E-state index contributed by atoms with van der Waals surface area (Å²) in [5, 5.41) is 17.5. The monoisotopic (exact) mass is 514 g/mol. The number of nitrogens with one attached hydrogen (secondary N) is 1. The zero-order valence-electron chi connectivity index (χ0n) is 21.2. The minimum Gasteiger partial charge on any atom is -0.396 e. The molecule has 36 heavy (non-hydrogen) atoms. The number of aromatic nitrogens is 2. The maximum atomic E-state index is 13.0. The molecule has 0 unspecified atom stereocenters. The van der Waals surface area contributed by atoms with Crippen molar-refractivity contribution in [2.75, 3.05) is 30.8 Å². The van der Waals surface area contributed by atoms with Crippen molar-refractivity contribution >= 4 is 32.5 Å². The third kappa shape index (κ3) is 5.55. The van der Waals surface area contributed by atoms with E-state index < -0.39 is 10.0 Å². The van der Waals surface area contributed by atoms with Gasteiger partial charge >= 0.3 is 0 Å². The quantitative estimate of drug-likeness (QED) is 0.406. The molecule has 10 heteroatoms. The van der Waals surface area contributed by atoms with E-state index in [1.165, 1.54) is 10.6 Å². The van der Waals surface area contributed by atoms with Crippen molar-refractivity contribution in [3.8, 4) is 5.69 Å². The maximum Gasteiger partial charge on any atom is 0.270 e. The molecule has 4 rings (SSSR count). The van der Waals surface area contributed by atoms with Crippen LogP contribution in [0.15, 0.2) is 36.4 Å². The molecule has 1 saturated carbocycles. The van der Waals surface area contributed by atoms with Gasteiger partial charge in [-0.15, -0.1) is 0 Å². The predicted molar refractivity (Wildman–Crippen MR) is 140 cm³/mol. The van der Waals surface area contributed by atoms with E-state index in [-0.39, 0.29) is 31.1 Å². The standard InChI is InChI=1S/C26H34N4O5S/c1-17(2)35-16-18-6-10-20(11-7-18)30-25(26(32)27-3)22-14-21(19-8-9-19)24(15-23(22)28-30)29(12-5-13-31)36(4,33)34/h6-7,10-11,14-15,17,19,31H,5,8-9,12-13,16H2,1-4H3,(H,27,32). The van der Waals surface area contributed by atoms with Crippen LogP contribution in [0.25, 0.3) is 16.6 Å². The zero-order chi connectivity index (χ0) is 26.0. The van der Waals surface area contributed by atoms with Gasteiger partial charge < -0.3 is 15.2 Å². The van der Waals surface area contributed by atoms with Crippen molar-refractivity contribution in [1.29, 1.82) is 0 Å². The van der Waals surface area contributed by atoms with Crippen LogP contribution in [-0.4, -0.2) is 61.8 Å². The number of amides is 1. The Morgan fingerprint density at radius 1 is 1.25 bits per heavy atom. The number of aliphatic hydroxyl groups is 1. The first kappa shape index (κ1) is 26.1. The summed E-state index contributed by atoms with van der Waals surface area (Å²) in [4.78, 5) is 13.0. The predicted octanol–water partition coefficient (Wildman–Crippen LogP) is 3.34. The van der Waals surface area contributed by atoms with Gasteiger partial charge in [0.15, 0.2) is 0 Å². The van der Waals surface area contributed by atoms with E-state index in [9.17, 15) is 18.3 Å². The molecular formula is C26H34N4O5S. The minimum absolute atomic E-state index is 0.110. The van der Waals surface area contributed by atoms with E-state index in [2.05, 4.69) is 5.32 Å². The fourth-order valence-corrected chi connectivity index (χ4v) is 5.25. The fourth-order valence-electron chi connectivity index (χ4n) is 4.27. The Morgan fingerprint density at radius 3 is 2.50 bits per heavy atom. The average Bonchev–Trinajstić information content (AvgIpc) is 3.62. The smallest absolute Gasteiger partial charge is 0.270 e. The van der Waals surface area contributed by atoms with Gasteiger partial charge in [-0.3, -0.25) is 9.10 Å². The van der Waals surface area contributed by atoms with Gasteiger partial charge in [-0.2, -0.15) is 5.10 Å². The molecule has 2 aromatic carbocycles. The number of benzene rings is 2. The second-order valence-electron chi connectivity index (χ2n) is 9.48. The number of fused-ring (bicyclic) bond motifs is 1. The van der Waals surface area contributed by atoms with Gasteiger partial charge in [-0.25, -0.2) is 13.1 Å². The van der Waals surface area contributed by atoms with Crippen LogP contribution >= 0.6 is 0 Å². The van der Waals surface area contributed by atoms with Crippen LogP contribution in [0.5, 0.6) is 0 Å². The molecule has 9 nitrogen and oxygen atoms in total. The highest BCUT2D eigenvalue weighted by Gasteiger charge is 2.32. The Hall–Kier alpha value is -2.95. The van der Waals surface area contributed by atoms with Crippen LogP contribution in [0.3, 0.4) is 0 Å². The SMILES string of the molecule is CNC(=O)c1c2cc(C3CC3)c(N(CCCO)S(C)(=O)=O)cc2nn1-c1ccc(COC(C)C)cc1. The number of carbonyl (C=O) groups is 1. The lowest BCUT2D eigenvalue weighted by Crippen LogP contribution is -2.32. The van der Waals surface area contributed by atoms with Crippen LogP contribution in [0.1, 0.15) is 60.6 Å². The molecule has 1 aliphatic carbocycles. The Labute approximate surface area is 212 Å². The molecule has 1 aliphatic rings. The molecule has 194 valence electrons. The van der Waals surface area contributed by atoms with Gasteiger partial charge in [0.25, 0.3) is 5.91 Å². The molecule has 0 aliphatic heterocycles. The van der Waals surface area contributed by atoms with Crippen molar-refractivity contribution in [3.63, 3.8) is 0 Å². The molecule has 0 spiro atoms. The van der Waals surface area contributed by atoms with E-state index in [0.717, 1.165) is 24.0 Å². The number of hydrogen-bond acceptors (Lipinski definition) is 6. The summed E-state index contributed by atoms with van der Waals surface area (Å²) in [5.41, 5.74) is 4.10. The average molecular weight is 515 g/mol. The van der Waals surface area contributed by atoms with Gasteiger partial charge in [0, 0.05) is 25.6 Å². The molecule has 0 saturated heterocycles. The van der Waals surface area contributed by atoms with Crippen LogP contribution in [-0.2, 0) is 21.4 Å². The highest BCUT2D eigenvalue weighted by molar-refractivity contribution is 7.92.